The molecule has 8 heteroatoms. The second kappa shape index (κ2) is 6.35. The molecule has 21 heavy (non-hydrogen) atoms. The van der Waals surface area contributed by atoms with Gasteiger partial charge in [0.2, 0.25) is 0 Å². The van der Waals surface area contributed by atoms with E-state index in [-0.39, 0.29) is 5.56 Å². The van der Waals surface area contributed by atoms with Gasteiger partial charge in [-0.3, -0.25) is 0 Å². The summed E-state index contributed by atoms with van der Waals surface area (Å²) in [4.78, 5) is 0. The van der Waals surface area contributed by atoms with Gasteiger partial charge >= 0.3 is 0 Å². The maximum absolute atomic E-state index is 13.6. The highest BCUT2D eigenvalue weighted by Crippen LogP contribution is 2.27. The van der Waals surface area contributed by atoms with Crippen LogP contribution in [-0.2, 0) is 4.43 Å². The molecule has 0 aliphatic heterocycles. The summed E-state index contributed by atoms with van der Waals surface area (Å²) in [7, 11) is -1.39. The van der Waals surface area contributed by atoms with Crippen molar-refractivity contribution in [1.82, 2.24) is 0 Å². The molecule has 2 N–H and O–H groups in total. The normalized spacial score (nSPS) is 11.8. The second-order valence-corrected chi connectivity index (χ2v) is 5.62. The van der Waals surface area contributed by atoms with Crippen LogP contribution in [0.3, 0.4) is 0 Å². The van der Waals surface area contributed by atoms with Crippen LogP contribution in [0.1, 0.15) is 0 Å². The quantitative estimate of drug-likeness (QED) is 0.290. The first-order valence-corrected chi connectivity index (χ1v) is 7.08. The van der Waals surface area contributed by atoms with Crippen LogP contribution >= 0.6 is 0 Å². The molecule has 3 nitrogen and oxygen atoms in total. The molecule has 2 rings (SSSR count). The molecular formula is C13H10F4O3Si. The zero-order valence-electron chi connectivity index (χ0n) is 10.5. The van der Waals surface area contributed by atoms with Gasteiger partial charge in [-0.25, -0.2) is 17.6 Å². The maximum Gasteiger partial charge on any atom is 0.256 e. The zero-order chi connectivity index (χ0) is 15.6. The molecule has 0 fully saturated rings. The number of hydrogen-bond acceptors (Lipinski definition) is 3. The average Bonchev–Trinajstić information content (AvgIpc) is 2.47. The van der Waals surface area contributed by atoms with E-state index in [4.69, 9.17) is 10.2 Å². The standard InChI is InChI=1S/C13H10F4O3Si/c14-9-5-8(10(15)12(17)11(9)16)6-1-3-7(4-2-6)21-20-13(18)19/h1-5,13,18-19H,21H2. The molecule has 0 atom stereocenters. The van der Waals surface area contributed by atoms with E-state index in [1.54, 1.807) is 0 Å². The van der Waals surface area contributed by atoms with Gasteiger partial charge < -0.3 is 14.6 Å². The van der Waals surface area contributed by atoms with Gasteiger partial charge in [0.05, 0.1) is 0 Å². The summed E-state index contributed by atoms with van der Waals surface area (Å²) in [5.74, 6) is -6.67. The summed E-state index contributed by atoms with van der Waals surface area (Å²) in [5, 5.41) is 17.8. The molecule has 112 valence electrons. The van der Waals surface area contributed by atoms with E-state index < -0.39 is 45.1 Å². The van der Waals surface area contributed by atoms with Crippen molar-refractivity contribution in [1.29, 1.82) is 0 Å². The van der Waals surface area contributed by atoms with Gasteiger partial charge in [0, 0.05) is 5.56 Å². The van der Waals surface area contributed by atoms with Crippen molar-refractivity contribution in [3.8, 4) is 11.1 Å². The van der Waals surface area contributed by atoms with Crippen molar-refractivity contribution in [3.63, 3.8) is 0 Å². The minimum atomic E-state index is -1.87. The lowest BCUT2D eigenvalue weighted by molar-refractivity contribution is -0.179. The third-order valence-electron chi connectivity index (χ3n) is 2.77. The lowest BCUT2D eigenvalue weighted by atomic mass is 10.0. The van der Waals surface area contributed by atoms with Crippen LogP contribution in [0.15, 0.2) is 30.3 Å². The van der Waals surface area contributed by atoms with Crippen molar-refractivity contribution in [2.75, 3.05) is 0 Å². The highest BCUT2D eigenvalue weighted by molar-refractivity contribution is 6.46. The number of rotatable bonds is 4. The predicted molar refractivity (Wildman–Crippen MR) is 69.2 cm³/mol. The van der Waals surface area contributed by atoms with Gasteiger partial charge in [-0.1, -0.05) is 24.3 Å². The summed E-state index contributed by atoms with van der Waals surface area (Å²) in [5.41, 5.74) is -0.240. The lowest BCUT2D eigenvalue weighted by Crippen LogP contribution is -2.23. The Morgan fingerprint density at radius 2 is 1.52 bits per heavy atom. The Morgan fingerprint density at radius 3 is 2.10 bits per heavy atom. The first-order chi connectivity index (χ1) is 9.90. The SMILES string of the molecule is OC(O)O[SiH2]c1ccc(-c2cc(F)c(F)c(F)c2F)cc1. The average molecular weight is 318 g/mol. The first kappa shape index (κ1) is 15.6. The van der Waals surface area contributed by atoms with E-state index in [9.17, 15) is 17.6 Å². The Labute approximate surface area is 119 Å². The van der Waals surface area contributed by atoms with Crippen molar-refractivity contribution < 1.29 is 32.2 Å². The first-order valence-electron chi connectivity index (χ1n) is 5.80. The molecule has 0 unspecified atom stereocenters. The summed E-state index contributed by atoms with van der Waals surface area (Å²) in [6, 6.07) is 6.34. The Kier molecular flexibility index (Phi) is 4.73. The molecule has 2 aromatic carbocycles. The van der Waals surface area contributed by atoms with Crippen molar-refractivity contribution in [3.05, 3.63) is 53.6 Å². The highest BCUT2D eigenvalue weighted by Gasteiger charge is 2.19. The van der Waals surface area contributed by atoms with Crippen LogP contribution in [0.2, 0.25) is 0 Å². The maximum atomic E-state index is 13.6. The molecule has 0 spiro atoms. The van der Waals surface area contributed by atoms with Crippen molar-refractivity contribution in [2.24, 2.45) is 0 Å². The second-order valence-electron chi connectivity index (χ2n) is 4.18. The molecular weight excluding hydrogens is 308 g/mol. The molecule has 0 saturated heterocycles. The van der Waals surface area contributed by atoms with Crippen LogP contribution in [0.25, 0.3) is 11.1 Å². The predicted octanol–water partition coefficient (Wildman–Crippen LogP) is 0.904. The molecule has 0 amide bonds. The summed E-state index contributed by atoms with van der Waals surface area (Å²) in [6.07, 6.45) is 0. The van der Waals surface area contributed by atoms with Crippen LogP contribution < -0.4 is 5.19 Å². The lowest BCUT2D eigenvalue weighted by Gasteiger charge is -2.08. The Hall–Kier alpha value is -1.74. The number of hydrogen-bond donors (Lipinski definition) is 2. The summed E-state index contributed by atoms with van der Waals surface area (Å²) in [6.45, 7) is -1.87. The molecule has 0 aliphatic rings. The van der Waals surface area contributed by atoms with Gasteiger partial charge in [-0.05, 0) is 16.8 Å². The fourth-order valence-electron chi connectivity index (χ4n) is 1.73. The fourth-order valence-corrected chi connectivity index (χ4v) is 2.50. The zero-order valence-corrected chi connectivity index (χ0v) is 11.9. The highest BCUT2D eigenvalue weighted by atomic mass is 28.2. The van der Waals surface area contributed by atoms with Crippen LogP contribution in [0.5, 0.6) is 0 Å². The Balaban J connectivity index is 2.31. The number of benzene rings is 2. The van der Waals surface area contributed by atoms with Gasteiger partial charge in [-0.15, -0.1) is 0 Å². The van der Waals surface area contributed by atoms with E-state index in [0.29, 0.717) is 11.3 Å². The topological polar surface area (TPSA) is 49.7 Å². The van der Waals surface area contributed by atoms with E-state index in [1.807, 2.05) is 0 Å². The van der Waals surface area contributed by atoms with Gasteiger partial charge in [-0.2, -0.15) is 0 Å². The molecule has 0 aromatic heterocycles. The monoisotopic (exact) mass is 318 g/mol. The van der Waals surface area contributed by atoms with Crippen molar-refractivity contribution >= 4 is 14.9 Å². The van der Waals surface area contributed by atoms with E-state index >= 15 is 0 Å². The number of aliphatic hydroxyl groups is 2. The molecule has 0 aliphatic carbocycles. The van der Waals surface area contributed by atoms with Gasteiger partial charge in [0.15, 0.2) is 33.0 Å². The smallest absolute Gasteiger partial charge is 0.256 e. The van der Waals surface area contributed by atoms with E-state index in [2.05, 4.69) is 4.43 Å². The molecule has 0 heterocycles. The fraction of sp³-hybridized carbons (Fsp3) is 0.0769. The molecule has 0 bridgehead atoms. The van der Waals surface area contributed by atoms with E-state index in [0.717, 1.165) is 0 Å². The van der Waals surface area contributed by atoms with Gasteiger partial charge in [0.25, 0.3) is 6.48 Å². The minimum absolute atomic E-state index is 0.160. The minimum Gasteiger partial charge on any atom is -0.373 e. The third kappa shape index (κ3) is 3.48. The largest absolute Gasteiger partial charge is 0.373 e. The van der Waals surface area contributed by atoms with Crippen LogP contribution in [-0.4, -0.2) is 26.5 Å². The number of halogens is 4. The van der Waals surface area contributed by atoms with Crippen LogP contribution in [0, 0.1) is 23.3 Å². The third-order valence-corrected chi connectivity index (χ3v) is 4.04. The molecule has 0 saturated carbocycles. The Morgan fingerprint density at radius 1 is 0.905 bits per heavy atom. The van der Waals surface area contributed by atoms with Crippen molar-refractivity contribution in [2.45, 2.75) is 6.48 Å². The molecule has 0 radical (unpaired) electrons. The van der Waals surface area contributed by atoms with Gasteiger partial charge in [0.1, 0.15) is 0 Å². The number of aliphatic hydroxyl groups excluding tert-OH is 1. The van der Waals surface area contributed by atoms with Crippen LogP contribution in [0.4, 0.5) is 17.6 Å². The van der Waals surface area contributed by atoms with E-state index in [1.165, 1.54) is 24.3 Å². The summed E-state index contributed by atoms with van der Waals surface area (Å²) < 4.78 is 57.5. The summed E-state index contributed by atoms with van der Waals surface area (Å²) >= 11 is 0. The molecule has 2 aromatic rings. The Bertz CT molecular complexity index is 647.